The first-order valence-corrected chi connectivity index (χ1v) is 5.53. The van der Waals surface area contributed by atoms with Crippen LogP contribution in [0.5, 0.6) is 5.75 Å². The molecule has 6 heteroatoms. The van der Waals surface area contributed by atoms with E-state index in [-0.39, 0.29) is 51.4 Å². The van der Waals surface area contributed by atoms with Gasteiger partial charge in [-0.1, -0.05) is 25.5 Å². The number of benzene rings is 1. The molecule has 1 rings (SSSR count). The Kier molecular flexibility index (Phi) is 8.55. The van der Waals surface area contributed by atoms with Gasteiger partial charge in [0.15, 0.2) is 0 Å². The van der Waals surface area contributed by atoms with Crippen LogP contribution in [0.3, 0.4) is 0 Å². The molecule has 1 aromatic carbocycles. The topological polar surface area (TPSA) is 9.23 Å². The monoisotopic (exact) mass is 282 g/mol. The zero-order valence-electron chi connectivity index (χ0n) is 10.8. The van der Waals surface area contributed by atoms with Crippen LogP contribution in [-0.4, -0.2) is 13.6 Å². The van der Waals surface area contributed by atoms with Crippen molar-refractivity contribution in [3.8, 4) is 5.75 Å². The van der Waals surface area contributed by atoms with Gasteiger partial charge in [-0.2, -0.15) is 0 Å². The predicted octanol–water partition coefficient (Wildman–Crippen LogP) is 0.965. The van der Waals surface area contributed by atoms with Gasteiger partial charge in [-0.3, -0.25) is 0 Å². The van der Waals surface area contributed by atoms with Gasteiger partial charge in [-0.05, 0) is 24.1 Å². The number of hydrogen-bond acceptors (Lipinski definition) is 1. The van der Waals surface area contributed by atoms with Crippen LogP contribution in [0.15, 0.2) is 36.3 Å². The SMILES string of the molecule is C=C(COc1ccc(CCC)cc1)[B-](F)(F)F.[K+]. The second-order valence-corrected chi connectivity index (χ2v) is 3.92. The minimum atomic E-state index is -5.00. The van der Waals surface area contributed by atoms with E-state index in [1.54, 1.807) is 12.1 Å². The van der Waals surface area contributed by atoms with Crippen LogP contribution < -0.4 is 56.1 Å². The number of hydrogen-bond donors (Lipinski definition) is 0. The fourth-order valence-electron chi connectivity index (χ4n) is 1.31. The van der Waals surface area contributed by atoms with Crippen molar-refractivity contribution >= 4 is 6.98 Å². The van der Waals surface area contributed by atoms with Crippen LogP contribution in [0.1, 0.15) is 18.9 Å². The second-order valence-electron chi connectivity index (χ2n) is 3.92. The molecule has 0 aromatic heterocycles. The molecule has 0 amide bonds. The van der Waals surface area contributed by atoms with Gasteiger partial charge in [0.2, 0.25) is 0 Å². The molecular formula is C12H15BF3KO. The maximum absolute atomic E-state index is 12.2. The molecule has 94 valence electrons. The molecule has 1 nitrogen and oxygen atoms in total. The van der Waals surface area contributed by atoms with E-state index < -0.39 is 19.1 Å². The van der Waals surface area contributed by atoms with Gasteiger partial charge in [0.25, 0.3) is 0 Å². The Labute approximate surface area is 148 Å². The van der Waals surface area contributed by atoms with Gasteiger partial charge < -0.3 is 17.7 Å². The smallest absolute Gasteiger partial charge is 0.492 e. The fourth-order valence-corrected chi connectivity index (χ4v) is 1.31. The van der Waals surface area contributed by atoms with Crippen molar-refractivity contribution in [2.75, 3.05) is 6.61 Å². The molecule has 0 radical (unpaired) electrons. The third-order valence-electron chi connectivity index (χ3n) is 2.35. The van der Waals surface area contributed by atoms with E-state index in [1.165, 1.54) is 0 Å². The third kappa shape index (κ3) is 6.43. The summed E-state index contributed by atoms with van der Waals surface area (Å²) < 4.78 is 41.6. The fraction of sp³-hybridized carbons (Fsp3) is 0.333. The summed E-state index contributed by atoms with van der Waals surface area (Å²) in [7, 11) is 0. The van der Waals surface area contributed by atoms with Gasteiger partial charge in [0.05, 0.1) is 6.61 Å². The minimum absolute atomic E-state index is 0. The first-order chi connectivity index (χ1) is 7.93. The maximum Gasteiger partial charge on any atom is 1.00 e. The van der Waals surface area contributed by atoms with Crippen LogP contribution in [0.25, 0.3) is 0 Å². The van der Waals surface area contributed by atoms with Crippen molar-refractivity contribution in [1.29, 1.82) is 0 Å². The molecule has 0 saturated heterocycles. The van der Waals surface area contributed by atoms with Crippen molar-refractivity contribution in [2.24, 2.45) is 0 Å². The quantitative estimate of drug-likeness (QED) is 0.706. The van der Waals surface area contributed by atoms with Gasteiger partial charge in [0.1, 0.15) is 5.75 Å². The average Bonchev–Trinajstić information content (AvgIpc) is 2.27. The van der Waals surface area contributed by atoms with Crippen LogP contribution in [0, 0.1) is 0 Å². The molecular weight excluding hydrogens is 267 g/mol. The molecule has 0 spiro atoms. The van der Waals surface area contributed by atoms with Crippen molar-refractivity contribution in [3.05, 3.63) is 41.9 Å². The first kappa shape index (κ1) is 18.3. The molecule has 0 aliphatic rings. The molecule has 18 heavy (non-hydrogen) atoms. The van der Waals surface area contributed by atoms with E-state index in [0.717, 1.165) is 18.4 Å². The Bertz CT molecular complexity index is 376. The van der Waals surface area contributed by atoms with E-state index in [9.17, 15) is 12.9 Å². The van der Waals surface area contributed by atoms with Crippen molar-refractivity contribution in [2.45, 2.75) is 19.8 Å². The minimum Gasteiger partial charge on any atom is -0.492 e. The average molecular weight is 282 g/mol. The molecule has 0 fully saturated rings. The molecule has 0 aliphatic carbocycles. The Morgan fingerprint density at radius 3 is 2.22 bits per heavy atom. The molecule has 0 bridgehead atoms. The Hall–Kier alpha value is 0.251. The van der Waals surface area contributed by atoms with Crippen LogP contribution in [0.2, 0.25) is 0 Å². The summed E-state index contributed by atoms with van der Waals surface area (Å²) in [6, 6.07) is 7.09. The van der Waals surface area contributed by atoms with E-state index in [4.69, 9.17) is 4.74 Å². The summed E-state index contributed by atoms with van der Waals surface area (Å²) in [6.07, 6.45) is 1.99. The molecule has 0 unspecified atom stereocenters. The third-order valence-corrected chi connectivity index (χ3v) is 2.35. The Balaban J connectivity index is 0.00000289. The van der Waals surface area contributed by atoms with Gasteiger partial charge in [-0.15, -0.1) is 12.1 Å². The summed E-state index contributed by atoms with van der Waals surface area (Å²) in [6.45, 7) is -0.472. The number of aryl methyl sites for hydroxylation is 1. The molecule has 1 aromatic rings. The Morgan fingerprint density at radius 2 is 1.78 bits per heavy atom. The number of rotatable bonds is 6. The number of halogens is 3. The summed E-state index contributed by atoms with van der Waals surface area (Å²) in [5.41, 5.74) is 0.335. The second kappa shape index (κ2) is 8.43. The molecule has 0 N–H and O–H groups in total. The largest absolute Gasteiger partial charge is 1.00 e. The van der Waals surface area contributed by atoms with E-state index >= 15 is 0 Å². The van der Waals surface area contributed by atoms with Crippen LogP contribution in [0.4, 0.5) is 12.9 Å². The normalized spacial score (nSPS) is 10.7. The van der Waals surface area contributed by atoms with Crippen LogP contribution >= 0.6 is 0 Å². The van der Waals surface area contributed by atoms with Crippen LogP contribution in [-0.2, 0) is 6.42 Å². The standard InChI is InChI=1S/C12H15BF3O.K/c1-3-4-11-5-7-12(8-6-11)17-9-10(2)13(14,15)16;/h5-8H,2-4,9H2,1H3;/q-1;+1. The zero-order valence-corrected chi connectivity index (χ0v) is 13.9. The van der Waals surface area contributed by atoms with Crippen molar-refractivity contribution in [1.82, 2.24) is 0 Å². The summed E-state index contributed by atoms with van der Waals surface area (Å²) in [5, 5.41) is 0. The molecule has 0 atom stereocenters. The first-order valence-electron chi connectivity index (χ1n) is 5.53. The summed E-state index contributed by atoms with van der Waals surface area (Å²) in [4.78, 5) is 0. The van der Waals surface area contributed by atoms with Gasteiger partial charge >= 0.3 is 58.4 Å². The van der Waals surface area contributed by atoms with Gasteiger partial charge in [0, 0.05) is 0 Å². The van der Waals surface area contributed by atoms with Gasteiger partial charge in [-0.25, -0.2) is 0 Å². The maximum atomic E-state index is 12.2. The Morgan fingerprint density at radius 1 is 1.22 bits per heavy atom. The van der Waals surface area contributed by atoms with Crippen molar-refractivity contribution in [3.63, 3.8) is 0 Å². The number of ether oxygens (including phenoxy) is 1. The molecule has 0 saturated carbocycles. The summed E-state index contributed by atoms with van der Waals surface area (Å²) >= 11 is 0. The van der Waals surface area contributed by atoms with Crippen molar-refractivity contribution < 1.29 is 69.1 Å². The van der Waals surface area contributed by atoms with E-state index in [2.05, 4.69) is 13.5 Å². The van der Waals surface area contributed by atoms with E-state index in [1.807, 2.05) is 12.1 Å². The van der Waals surface area contributed by atoms with E-state index in [0.29, 0.717) is 5.75 Å². The molecule has 0 heterocycles. The summed E-state index contributed by atoms with van der Waals surface area (Å²) in [5.74, 6) is 0.436. The molecule has 0 aliphatic heterocycles. The zero-order chi connectivity index (χ0) is 12.9. The predicted molar refractivity (Wildman–Crippen MR) is 64.2 cm³/mol.